The number of ether oxygens (including phenoxy) is 2. The summed E-state index contributed by atoms with van der Waals surface area (Å²) in [5.74, 6) is -0.258. The van der Waals surface area contributed by atoms with E-state index in [0.29, 0.717) is 25.4 Å². The highest BCUT2D eigenvalue weighted by Gasteiger charge is 2.29. The number of hydrogen-bond donors (Lipinski definition) is 3. The summed E-state index contributed by atoms with van der Waals surface area (Å²) in [4.78, 5) is 25.1. The summed E-state index contributed by atoms with van der Waals surface area (Å²) >= 11 is 0. The molecule has 0 heterocycles. The summed E-state index contributed by atoms with van der Waals surface area (Å²) in [6, 6.07) is 9.29. The minimum Gasteiger partial charge on any atom is -0.356 e. The van der Waals surface area contributed by atoms with Gasteiger partial charge in [0, 0.05) is 18.4 Å². The monoisotopic (exact) mass is 420 g/mol. The van der Waals surface area contributed by atoms with Gasteiger partial charge in [0.2, 0.25) is 11.8 Å². The molecule has 0 bridgehead atoms. The Morgan fingerprint density at radius 1 is 1.13 bits per heavy atom. The van der Waals surface area contributed by atoms with E-state index in [1.807, 2.05) is 37.3 Å². The Bertz CT molecular complexity index is 632. The maximum atomic E-state index is 12.8. The summed E-state index contributed by atoms with van der Waals surface area (Å²) in [6.45, 7) is 5.04. The van der Waals surface area contributed by atoms with Crippen molar-refractivity contribution in [3.05, 3.63) is 35.9 Å². The first-order chi connectivity index (χ1) is 14.5. The van der Waals surface area contributed by atoms with Crippen LogP contribution in [0.25, 0.3) is 0 Å². The molecule has 168 valence electrons. The molecule has 0 unspecified atom stereocenters. The Kier molecular flexibility index (Phi) is 10.8. The third kappa shape index (κ3) is 8.42. The van der Waals surface area contributed by atoms with Crippen LogP contribution >= 0.6 is 0 Å². The molecule has 7 nitrogen and oxygen atoms in total. The number of carbonyl (C=O) groups excluding carboxylic acids is 2. The fraction of sp³-hybridized carbons (Fsp3) is 0.652. The maximum Gasteiger partial charge on any atom is 0.246 e. The number of carbonyl (C=O) groups is 2. The van der Waals surface area contributed by atoms with Gasteiger partial charge in [0.25, 0.3) is 0 Å². The minimum atomic E-state index is -0.496. The van der Waals surface area contributed by atoms with Gasteiger partial charge in [-0.05, 0) is 56.9 Å². The molecule has 2 rings (SSSR count). The Labute approximate surface area is 179 Å². The van der Waals surface area contributed by atoms with Gasteiger partial charge in [-0.15, -0.1) is 0 Å². The van der Waals surface area contributed by atoms with Crippen LogP contribution in [-0.4, -0.2) is 43.1 Å². The van der Waals surface area contributed by atoms with Crippen molar-refractivity contribution in [1.29, 1.82) is 0 Å². The van der Waals surface area contributed by atoms with E-state index in [9.17, 15) is 14.8 Å². The first-order valence-corrected chi connectivity index (χ1v) is 11.0. The molecule has 1 aliphatic rings. The fourth-order valence-electron chi connectivity index (χ4n) is 3.96. The molecule has 3 N–H and O–H groups in total. The Morgan fingerprint density at radius 2 is 1.83 bits per heavy atom. The van der Waals surface area contributed by atoms with Gasteiger partial charge in [0.1, 0.15) is 6.79 Å². The van der Waals surface area contributed by atoms with Gasteiger partial charge >= 0.3 is 0 Å². The molecule has 0 aromatic heterocycles. The number of benzene rings is 1. The highest BCUT2D eigenvalue weighted by molar-refractivity contribution is 5.80. The van der Waals surface area contributed by atoms with E-state index in [2.05, 4.69) is 12.2 Å². The van der Waals surface area contributed by atoms with Crippen LogP contribution in [0.5, 0.6) is 0 Å². The molecule has 1 fully saturated rings. The van der Waals surface area contributed by atoms with Gasteiger partial charge < -0.3 is 14.8 Å². The largest absolute Gasteiger partial charge is 0.356 e. The molecule has 1 saturated carbocycles. The van der Waals surface area contributed by atoms with E-state index in [0.717, 1.165) is 31.2 Å². The quantitative estimate of drug-likeness (QED) is 0.209. The second-order valence-corrected chi connectivity index (χ2v) is 8.24. The average Bonchev–Trinajstić information content (AvgIpc) is 2.76. The molecular formula is C23H36N2O5. The minimum absolute atomic E-state index is 0.00911. The zero-order valence-electron chi connectivity index (χ0n) is 18.1. The number of nitrogens with one attached hydrogen (secondary N) is 2. The van der Waals surface area contributed by atoms with Crippen LogP contribution in [0.15, 0.2) is 30.3 Å². The first kappa shape index (κ1) is 24.3. The van der Waals surface area contributed by atoms with Crippen LogP contribution in [0.4, 0.5) is 0 Å². The molecule has 1 aliphatic carbocycles. The second-order valence-electron chi connectivity index (χ2n) is 8.24. The average molecular weight is 421 g/mol. The van der Waals surface area contributed by atoms with Crippen LogP contribution in [0.2, 0.25) is 0 Å². The zero-order chi connectivity index (χ0) is 21.8. The van der Waals surface area contributed by atoms with Crippen molar-refractivity contribution in [2.75, 3.05) is 20.0 Å². The van der Waals surface area contributed by atoms with E-state index in [1.165, 1.54) is 0 Å². The zero-order valence-corrected chi connectivity index (χ0v) is 18.1. The van der Waals surface area contributed by atoms with Crippen molar-refractivity contribution in [2.24, 2.45) is 17.8 Å². The van der Waals surface area contributed by atoms with E-state index in [-0.39, 0.29) is 31.3 Å². The molecule has 7 heteroatoms. The number of amides is 2. The van der Waals surface area contributed by atoms with Crippen molar-refractivity contribution < 1.29 is 24.3 Å². The summed E-state index contributed by atoms with van der Waals surface area (Å²) in [5, 5.41) is 12.3. The van der Waals surface area contributed by atoms with E-state index < -0.39 is 11.8 Å². The van der Waals surface area contributed by atoms with Gasteiger partial charge in [-0.2, -0.15) is 0 Å². The molecule has 2 amide bonds. The Hall–Kier alpha value is -1.96. The third-order valence-corrected chi connectivity index (χ3v) is 5.80. The first-order valence-electron chi connectivity index (χ1n) is 11.0. The summed E-state index contributed by atoms with van der Waals surface area (Å²) in [6.07, 6.45) is 4.74. The van der Waals surface area contributed by atoms with Gasteiger partial charge in [-0.3, -0.25) is 14.8 Å². The summed E-state index contributed by atoms with van der Waals surface area (Å²) < 4.78 is 10.8. The predicted molar refractivity (Wildman–Crippen MR) is 114 cm³/mol. The number of hydrogen-bond acceptors (Lipinski definition) is 5. The second kappa shape index (κ2) is 13.4. The summed E-state index contributed by atoms with van der Waals surface area (Å²) in [5.41, 5.74) is 2.76. The molecule has 2 atom stereocenters. The van der Waals surface area contributed by atoms with Crippen molar-refractivity contribution in [3.63, 3.8) is 0 Å². The van der Waals surface area contributed by atoms with Crippen molar-refractivity contribution in [3.8, 4) is 0 Å². The smallest absolute Gasteiger partial charge is 0.246 e. The highest BCUT2D eigenvalue weighted by Crippen LogP contribution is 2.28. The summed E-state index contributed by atoms with van der Waals surface area (Å²) in [7, 11) is 0. The topological polar surface area (TPSA) is 96.9 Å². The standard InChI is InChI=1S/C23H36N2O5/c1-3-29-16-30-15-21(24-22(26)19-11-9-17(2)10-12-19)14-20(23(27)25-28)13-18-7-5-4-6-8-18/h4-8,17,19-21,28H,3,9-16H2,1-2H3,(H,24,26)(H,25,27)/t17-,19-,20-,21-/m0/s1. The van der Waals surface area contributed by atoms with Gasteiger partial charge in [0.05, 0.1) is 12.6 Å². The Balaban J connectivity index is 2.02. The molecule has 0 spiro atoms. The molecule has 0 saturated heterocycles. The predicted octanol–water partition coefficient (Wildman–Crippen LogP) is 3.06. The maximum absolute atomic E-state index is 12.8. The lowest BCUT2D eigenvalue weighted by atomic mass is 9.82. The van der Waals surface area contributed by atoms with Crippen molar-refractivity contribution in [1.82, 2.24) is 10.8 Å². The Morgan fingerprint density at radius 3 is 2.47 bits per heavy atom. The molecule has 30 heavy (non-hydrogen) atoms. The van der Waals surface area contributed by atoms with Crippen LogP contribution < -0.4 is 10.8 Å². The van der Waals surface area contributed by atoms with Crippen LogP contribution in [-0.2, 0) is 25.5 Å². The third-order valence-electron chi connectivity index (χ3n) is 5.80. The number of hydroxylamine groups is 1. The van der Waals surface area contributed by atoms with Crippen LogP contribution in [0.3, 0.4) is 0 Å². The lowest BCUT2D eigenvalue weighted by Gasteiger charge is -2.29. The lowest BCUT2D eigenvalue weighted by molar-refractivity contribution is -0.135. The van der Waals surface area contributed by atoms with E-state index in [1.54, 1.807) is 5.48 Å². The normalized spacial score (nSPS) is 20.9. The molecule has 0 radical (unpaired) electrons. The van der Waals surface area contributed by atoms with Gasteiger partial charge in [0.15, 0.2) is 0 Å². The molecule has 1 aromatic rings. The fourth-order valence-corrected chi connectivity index (χ4v) is 3.96. The number of rotatable bonds is 12. The SMILES string of the molecule is CCOCOC[C@H](C[C@H](Cc1ccccc1)C(=O)NO)NC(=O)[C@H]1CC[C@H](C)CC1. The van der Waals surface area contributed by atoms with E-state index in [4.69, 9.17) is 9.47 Å². The van der Waals surface area contributed by atoms with Crippen molar-refractivity contribution >= 4 is 11.8 Å². The van der Waals surface area contributed by atoms with Gasteiger partial charge in [-0.25, -0.2) is 5.48 Å². The lowest BCUT2D eigenvalue weighted by Crippen LogP contribution is -2.45. The molecule has 1 aromatic carbocycles. The molecule has 0 aliphatic heterocycles. The van der Waals surface area contributed by atoms with E-state index >= 15 is 0 Å². The molecular weight excluding hydrogens is 384 g/mol. The van der Waals surface area contributed by atoms with Crippen molar-refractivity contribution in [2.45, 2.75) is 58.4 Å². The van der Waals surface area contributed by atoms with Gasteiger partial charge in [-0.1, -0.05) is 37.3 Å². The highest BCUT2D eigenvalue weighted by atomic mass is 16.7. The van der Waals surface area contributed by atoms with Crippen LogP contribution in [0.1, 0.15) is 51.5 Å². The van der Waals surface area contributed by atoms with Crippen LogP contribution in [0, 0.1) is 17.8 Å².